The van der Waals surface area contributed by atoms with Crippen LogP contribution < -0.4 is 4.90 Å². The van der Waals surface area contributed by atoms with Crippen molar-refractivity contribution in [1.29, 1.82) is 0 Å². The average molecular weight is 423 g/mol. The van der Waals surface area contributed by atoms with Gasteiger partial charge in [-0.25, -0.2) is 4.39 Å². The van der Waals surface area contributed by atoms with Crippen molar-refractivity contribution in [1.82, 2.24) is 10.2 Å². The van der Waals surface area contributed by atoms with Crippen LogP contribution in [0.4, 0.5) is 23.2 Å². The van der Waals surface area contributed by atoms with Crippen LogP contribution in [0.1, 0.15) is 29.3 Å². The number of halogens is 4. The van der Waals surface area contributed by atoms with Crippen LogP contribution in [0.15, 0.2) is 46.9 Å². The molecule has 2 heterocycles. The van der Waals surface area contributed by atoms with Crippen LogP contribution in [0.5, 0.6) is 0 Å². The molecule has 1 aliphatic heterocycles. The summed E-state index contributed by atoms with van der Waals surface area (Å²) in [7, 11) is 0. The lowest BCUT2D eigenvalue weighted by Gasteiger charge is -2.31. The molecule has 0 radical (unpaired) electrons. The van der Waals surface area contributed by atoms with Gasteiger partial charge in [0.25, 0.3) is 0 Å². The summed E-state index contributed by atoms with van der Waals surface area (Å²) in [4.78, 5) is 2.24. The van der Waals surface area contributed by atoms with Crippen LogP contribution in [-0.4, -0.2) is 22.0 Å². The second-order valence-electron chi connectivity index (χ2n) is 6.90. The van der Waals surface area contributed by atoms with Crippen LogP contribution in [0.25, 0.3) is 11.5 Å². The lowest BCUT2D eigenvalue weighted by atomic mass is 10.1. The van der Waals surface area contributed by atoms with E-state index in [-0.39, 0.29) is 23.1 Å². The molecule has 0 amide bonds. The fourth-order valence-corrected chi connectivity index (χ4v) is 4.86. The molecule has 9 heteroatoms. The van der Waals surface area contributed by atoms with Gasteiger partial charge in [0.2, 0.25) is 5.89 Å². The minimum absolute atomic E-state index is 0.0235. The third-order valence-corrected chi connectivity index (χ3v) is 6.26. The number of aromatic nitrogens is 2. The Morgan fingerprint density at radius 3 is 2.45 bits per heavy atom. The largest absolute Gasteiger partial charge is 0.470 e. The van der Waals surface area contributed by atoms with Crippen molar-refractivity contribution in [3.8, 4) is 11.5 Å². The van der Waals surface area contributed by atoms with Gasteiger partial charge in [0.1, 0.15) is 11.2 Å². The van der Waals surface area contributed by atoms with Gasteiger partial charge >= 0.3 is 12.1 Å². The molecule has 152 valence electrons. The van der Waals surface area contributed by atoms with E-state index in [0.29, 0.717) is 5.56 Å². The van der Waals surface area contributed by atoms with E-state index in [1.54, 1.807) is 36.0 Å². The average Bonchev–Trinajstić information content (AvgIpc) is 3.30. The molecule has 4 rings (SSSR count). The Kier molecular flexibility index (Phi) is 5.02. The van der Waals surface area contributed by atoms with Gasteiger partial charge < -0.3 is 9.32 Å². The van der Waals surface area contributed by atoms with Crippen molar-refractivity contribution < 1.29 is 22.0 Å². The number of rotatable bonds is 3. The van der Waals surface area contributed by atoms with Gasteiger partial charge in [-0.1, -0.05) is 12.1 Å². The van der Waals surface area contributed by atoms with Crippen molar-refractivity contribution in [2.24, 2.45) is 0 Å². The molecule has 4 nitrogen and oxygen atoms in total. The van der Waals surface area contributed by atoms with Crippen LogP contribution in [-0.2, 0) is 6.18 Å². The summed E-state index contributed by atoms with van der Waals surface area (Å²) in [6.07, 6.45) is -4.68. The van der Waals surface area contributed by atoms with Gasteiger partial charge in [-0.2, -0.15) is 13.2 Å². The van der Waals surface area contributed by atoms with Crippen molar-refractivity contribution in [2.75, 3.05) is 10.7 Å². The Morgan fingerprint density at radius 2 is 1.83 bits per heavy atom. The summed E-state index contributed by atoms with van der Waals surface area (Å²) in [6.45, 7) is 3.99. The van der Waals surface area contributed by atoms with Gasteiger partial charge in [0.05, 0.1) is 0 Å². The van der Waals surface area contributed by atoms with Crippen molar-refractivity contribution in [2.45, 2.75) is 31.4 Å². The maximum absolute atomic E-state index is 13.3. The van der Waals surface area contributed by atoms with E-state index in [2.05, 4.69) is 22.0 Å². The SMILES string of the molecule is Cc1cc(-c2nnc(C(F)(F)F)o2)ccc1N1C(C)CSC1c1ccc(F)cc1. The third kappa shape index (κ3) is 3.83. The summed E-state index contributed by atoms with van der Waals surface area (Å²) < 4.78 is 56.2. The monoisotopic (exact) mass is 423 g/mol. The molecule has 0 aliphatic carbocycles. The predicted octanol–water partition coefficient (Wildman–Crippen LogP) is 5.84. The van der Waals surface area contributed by atoms with Crippen LogP contribution in [0.2, 0.25) is 0 Å². The minimum Gasteiger partial charge on any atom is -0.413 e. The van der Waals surface area contributed by atoms with E-state index in [1.807, 2.05) is 13.0 Å². The van der Waals surface area contributed by atoms with E-state index in [4.69, 9.17) is 4.42 Å². The number of hydrogen-bond donors (Lipinski definition) is 0. The Bertz CT molecular complexity index is 1020. The Balaban J connectivity index is 1.66. The van der Waals surface area contributed by atoms with E-state index in [9.17, 15) is 17.6 Å². The van der Waals surface area contributed by atoms with Gasteiger partial charge in [-0.15, -0.1) is 22.0 Å². The van der Waals surface area contributed by atoms with Crippen molar-refractivity contribution in [3.63, 3.8) is 0 Å². The maximum atomic E-state index is 13.3. The normalized spacial score (nSPS) is 19.7. The second-order valence-corrected chi connectivity index (χ2v) is 8.02. The lowest BCUT2D eigenvalue weighted by molar-refractivity contribution is -0.156. The van der Waals surface area contributed by atoms with Gasteiger partial charge in [0.15, 0.2) is 0 Å². The smallest absolute Gasteiger partial charge is 0.413 e. The topological polar surface area (TPSA) is 42.2 Å². The Morgan fingerprint density at radius 1 is 1.10 bits per heavy atom. The zero-order chi connectivity index (χ0) is 20.8. The first-order valence-electron chi connectivity index (χ1n) is 8.91. The standard InChI is InChI=1S/C20H17F4N3OS/c1-11-9-14(17-25-26-19(28-17)20(22,23)24)5-8-16(11)27-12(2)10-29-18(27)13-3-6-15(21)7-4-13/h3-9,12,18H,10H2,1-2H3. The van der Waals surface area contributed by atoms with Gasteiger partial charge in [-0.3, -0.25) is 0 Å². The number of nitrogens with zero attached hydrogens (tertiary/aromatic N) is 3. The Labute approximate surface area is 168 Å². The second kappa shape index (κ2) is 7.37. The summed E-state index contributed by atoms with van der Waals surface area (Å²) in [6, 6.07) is 11.9. The van der Waals surface area contributed by atoms with E-state index >= 15 is 0 Å². The number of thioether (sulfide) groups is 1. The molecule has 1 aliphatic rings. The Hall–Kier alpha value is -2.55. The molecule has 2 atom stereocenters. The predicted molar refractivity (Wildman–Crippen MR) is 103 cm³/mol. The summed E-state index contributed by atoms with van der Waals surface area (Å²) in [5, 5.41) is 6.62. The number of hydrogen-bond acceptors (Lipinski definition) is 5. The first-order valence-corrected chi connectivity index (χ1v) is 9.96. The van der Waals surface area contributed by atoms with Gasteiger partial charge in [0, 0.05) is 23.0 Å². The van der Waals surface area contributed by atoms with Crippen molar-refractivity contribution >= 4 is 17.4 Å². The molecule has 2 aromatic carbocycles. The molecule has 0 N–H and O–H groups in total. The molecule has 1 aromatic heterocycles. The molecule has 0 spiro atoms. The van der Waals surface area contributed by atoms with Crippen LogP contribution in [0.3, 0.4) is 0 Å². The minimum atomic E-state index is -4.68. The fraction of sp³-hybridized carbons (Fsp3) is 0.300. The molecule has 0 bridgehead atoms. The fourth-order valence-electron chi connectivity index (χ4n) is 3.40. The molecule has 29 heavy (non-hydrogen) atoms. The summed E-state index contributed by atoms with van der Waals surface area (Å²) in [5.74, 6) is -0.919. The molecular weight excluding hydrogens is 406 g/mol. The first kappa shape index (κ1) is 19.8. The van der Waals surface area contributed by atoms with Crippen LogP contribution >= 0.6 is 11.8 Å². The van der Waals surface area contributed by atoms with E-state index < -0.39 is 12.1 Å². The number of alkyl halides is 3. The van der Waals surface area contributed by atoms with E-state index in [0.717, 1.165) is 22.6 Å². The first-order chi connectivity index (χ1) is 13.7. The van der Waals surface area contributed by atoms with Crippen molar-refractivity contribution in [3.05, 3.63) is 65.3 Å². The molecule has 0 saturated carbocycles. The number of aryl methyl sites for hydroxylation is 1. The summed E-state index contributed by atoms with van der Waals surface area (Å²) in [5.41, 5.74) is 3.25. The third-order valence-electron chi connectivity index (χ3n) is 4.77. The zero-order valence-electron chi connectivity index (χ0n) is 15.6. The molecule has 1 saturated heterocycles. The maximum Gasteiger partial charge on any atom is 0.470 e. The highest BCUT2D eigenvalue weighted by atomic mass is 32.2. The zero-order valence-corrected chi connectivity index (χ0v) is 16.4. The van der Waals surface area contributed by atoms with Gasteiger partial charge in [-0.05, 0) is 55.3 Å². The highest BCUT2D eigenvalue weighted by Crippen LogP contribution is 2.45. The molecule has 2 unspecified atom stereocenters. The summed E-state index contributed by atoms with van der Waals surface area (Å²) >= 11 is 1.77. The van der Waals surface area contributed by atoms with Crippen LogP contribution in [0, 0.1) is 12.7 Å². The molecule has 1 fully saturated rings. The van der Waals surface area contributed by atoms with E-state index in [1.165, 1.54) is 12.1 Å². The quantitative estimate of drug-likeness (QED) is 0.495. The lowest BCUT2D eigenvalue weighted by Crippen LogP contribution is -2.30. The number of benzene rings is 2. The molecule has 3 aromatic rings. The highest BCUT2D eigenvalue weighted by molar-refractivity contribution is 8.00. The number of anilines is 1. The highest BCUT2D eigenvalue weighted by Gasteiger charge is 2.38. The molecular formula is C20H17F4N3OS.